The Balaban J connectivity index is 2.64. The average Bonchev–Trinajstić information content (AvgIpc) is 2.84. The van der Waals surface area contributed by atoms with Gasteiger partial charge in [0.25, 0.3) is 10.1 Å². The second-order valence-corrected chi connectivity index (χ2v) is 5.96. The van der Waals surface area contributed by atoms with Crippen LogP contribution in [0.2, 0.25) is 0 Å². The fourth-order valence-corrected chi connectivity index (χ4v) is 2.67. The van der Waals surface area contributed by atoms with Gasteiger partial charge in [-0.05, 0) is 18.2 Å². The van der Waals surface area contributed by atoms with Gasteiger partial charge >= 0.3 is 0 Å². The maximum Gasteiger partial charge on any atom is 0.296 e. The molecule has 1 heterocycles. The van der Waals surface area contributed by atoms with E-state index in [1.54, 1.807) is 6.07 Å². The Morgan fingerprint density at radius 1 is 1.45 bits per heavy atom. The van der Waals surface area contributed by atoms with Gasteiger partial charge < -0.3 is 5.73 Å². The third kappa shape index (κ3) is 3.20. The summed E-state index contributed by atoms with van der Waals surface area (Å²) in [6, 6.07) is 5.43. The third-order valence-electron chi connectivity index (χ3n) is 2.52. The van der Waals surface area contributed by atoms with Crippen LogP contribution in [0.1, 0.15) is 5.56 Å². The Kier molecular flexibility index (Phi) is 4.66. The lowest BCUT2D eigenvalue weighted by Gasteiger charge is -2.10. The van der Waals surface area contributed by atoms with E-state index < -0.39 is 15.0 Å². The number of rotatable bonds is 5. The van der Waals surface area contributed by atoms with Gasteiger partial charge in [0.05, 0.1) is 23.9 Å². The topological polar surface area (TPSA) is 161 Å². The van der Waals surface area contributed by atoms with Crippen molar-refractivity contribution in [2.75, 3.05) is 5.73 Å². The Labute approximate surface area is 128 Å². The summed E-state index contributed by atoms with van der Waals surface area (Å²) in [6.07, 6.45) is 1.15. The predicted molar refractivity (Wildman–Crippen MR) is 73.2 cm³/mol. The van der Waals surface area contributed by atoms with Crippen LogP contribution >= 0.6 is 12.0 Å². The molecule has 10 nitrogen and oxygen atoms in total. The van der Waals surface area contributed by atoms with Crippen molar-refractivity contribution in [3.63, 3.8) is 0 Å². The number of nitriles is 1. The average molecular weight is 344 g/mol. The maximum absolute atomic E-state index is 11.4. The molecule has 0 amide bonds. The molecule has 0 unspecified atom stereocenters. The van der Waals surface area contributed by atoms with E-state index in [0.717, 1.165) is 16.9 Å². The highest BCUT2D eigenvalue weighted by atomic mass is 32.2. The van der Waals surface area contributed by atoms with Crippen LogP contribution in [0, 0.1) is 11.3 Å². The van der Waals surface area contributed by atoms with Crippen molar-refractivity contribution in [3.8, 4) is 11.8 Å². The van der Waals surface area contributed by atoms with E-state index in [1.165, 1.54) is 12.1 Å². The van der Waals surface area contributed by atoms with E-state index in [2.05, 4.69) is 14.5 Å². The fourth-order valence-electron chi connectivity index (χ4n) is 1.62. The summed E-state index contributed by atoms with van der Waals surface area (Å²) in [5.41, 5.74) is 5.64. The largest absolute Gasteiger partial charge is 0.382 e. The van der Waals surface area contributed by atoms with Crippen molar-refractivity contribution >= 4 is 28.0 Å². The van der Waals surface area contributed by atoms with Gasteiger partial charge in [-0.15, -0.1) is 4.33 Å². The lowest BCUT2D eigenvalue weighted by Crippen LogP contribution is -2.09. The van der Waals surface area contributed by atoms with Gasteiger partial charge in [0.1, 0.15) is 22.3 Å². The standard InChI is InChI=1S/C10H8N4O6S2/c11-4-6-5-13-14(10(6)12)8-3-7(21-20-19-15)1-2-9(8)22(16,17)18/h1-3,5,15H,12H2,(H,16,17,18). The number of nitrogens with zero attached hydrogens (tertiary/aromatic N) is 3. The fraction of sp³-hybridized carbons (Fsp3) is 0. The lowest BCUT2D eigenvalue weighted by molar-refractivity contribution is -0.432. The minimum absolute atomic E-state index is 0.0364. The van der Waals surface area contributed by atoms with E-state index in [4.69, 9.17) is 16.3 Å². The van der Waals surface area contributed by atoms with Gasteiger partial charge in [0.15, 0.2) is 0 Å². The molecule has 22 heavy (non-hydrogen) atoms. The molecule has 0 radical (unpaired) electrons. The number of benzene rings is 1. The first-order valence-corrected chi connectivity index (χ1v) is 7.57. The van der Waals surface area contributed by atoms with Crippen LogP contribution in [0.4, 0.5) is 5.82 Å². The van der Waals surface area contributed by atoms with E-state index >= 15 is 0 Å². The zero-order valence-electron chi connectivity index (χ0n) is 10.6. The molecule has 12 heteroatoms. The minimum atomic E-state index is -4.56. The van der Waals surface area contributed by atoms with Crippen LogP contribution < -0.4 is 5.73 Å². The number of hydrogen-bond acceptors (Lipinski definition) is 9. The number of nitrogen functional groups attached to an aromatic ring is 1. The van der Waals surface area contributed by atoms with Crippen molar-refractivity contribution in [3.05, 3.63) is 30.0 Å². The van der Waals surface area contributed by atoms with Crippen molar-refractivity contribution in [1.82, 2.24) is 9.78 Å². The number of hydrogen-bond donors (Lipinski definition) is 3. The molecule has 4 N–H and O–H groups in total. The van der Waals surface area contributed by atoms with Crippen molar-refractivity contribution in [1.29, 1.82) is 5.26 Å². The molecule has 0 atom stereocenters. The van der Waals surface area contributed by atoms with Crippen LogP contribution in [-0.2, 0) is 19.5 Å². The zero-order chi connectivity index (χ0) is 16.3. The second-order valence-electron chi connectivity index (χ2n) is 3.80. The Hall–Kier alpha value is -2.14. The molecule has 0 saturated carbocycles. The summed E-state index contributed by atoms with van der Waals surface area (Å²) >= 11 is 0.571. The molecule has 0 spiro atoms. The zero-order valence-corrected chi connectivity index (χ0v) is 12.2. The summed E-state index contributed by atoms with van der Waals surface area (Å²) in [6.45, 7) is 0. The van der Waals surface area contributed by atoms with Crippen LogP contribution in [0.5, 0.6) is 0 Å². The molecule has 1 aromatic carbocycles. The minimum Gasteiger partial charge on any atom is -0.382 e. The third-order valence-corrected chi connectivity index (χ3v) is 4.00. The van der Waals surface area contributed by atoms with Gasteiger partial charge in [0, 0.05) is 4.90 Å². The quantitative estimate of drug-likeness (QED) is 0.309. The monoisotopic (exact) mass is 344 g/mol. The normalized spacial score (nSPS) is 11.3. The summed E-state index contributed by atoms with van der Waals surface area (Å²) < 4.78 is 37.4. The first-order valence-electron chi connectivity index (χ1n) is 5.38. The maximum atomic E-state index is 11.4. The van der Waals surface area contributed by atoms with Crippen LogP contribution in [0.25, 0.3) is 5.69 Å². The predicted octanol–water partition coefficient (Wildman–Crippen LogP) is 1.00. The SMILES string of the molecule is N#Cc1cnn(-c2cc(SOOO)ccc2S(=O)(=O)O)c1N. The molecule has 1 aromatic heterocycles. The van der Waals surface area contributed by atoms with Gasteiger partial charge in [0.2, 0.25) is 0 Å². The smallest absolute Gasteiger partial charge is 0.296 e. The number of anilines is 1. The number of aromatic nitrogens is 2. The summed E-state index contributed by atoms with van der Waals surface area (Å²) in [5.74, 6) is -0.103. The van der Waals surface area contributed by atoms with Gasteiger partial charge in [-0.2, -0.15) is 18.8 Å². The molecule has 0 bridgehead atoms. The van der Waals surface area contributed by atoms with Crippen LogP contribution in [0.3, 0.4) is 0 Å². The first kappa shape index (κ1) is 16.2. The first-order chi connectivity index (χ1) is 10.4. The molecule has 0 aliphatic heterocycles. The van der Waals surface area contributed by atoms with Crippen molar-refractivity contribution < 1.29 is 27.6 Å². The molecule has 0 aliphatic rings. The highest BCUT2D eigenvalue weighted by Gasteiger charge is 2.21. The summed E-state index contributed by atoms with van der Waals surface area (Å²) in [4.78, 5) is -0.161. The van der Waals surface area contributed by atoms with E-state index in [-0.39, 0.29) is 17.1 Å². The Morgan fingerprint density at radius 2 is 2.18 bits per heavy atom. The van der Waals surface area contributed by atoms with Gasteiger partial charge in [-0.25, -0.2) is 9.94 Å². The second kappa shape index (κ2) is 6.32. The molecule has 0 aliphatic carbocycles. The highest BCUT2D eigenvalue weighted by Crippen LogP contribution is 2.29. The lowest BCUT2D eigenvalue weighted by atomic mass is 10.3. The Morgan fingerprint density at radius 3 is 2.73 bits per heavy atom. The summed E-state index contributed by atoms with van der Waals surface area (Å²) in [5, 5.41) is 24.2. The number of nitrogens with two attached hydrogens (primary N) is 1. The van der Waals surface area contributed by atoms with Crippen LogP contribution in [0.15, 0.2) is 34.2 Å². The van der Waals surface area contributed by atoms with Crippen LogP contribution in [-0.4, -0.2) is 28.0 Å². The van der Waals surface area contributed by atoms with Crippen molar-refractivity contribution in [2.24, 2.45) is 0 Å². The van der Waals surface area contributed by atoms with E-state index in [1.807, 2.05) is 0 Å². The van der Waals surface area contributed by atoms with E-state index in [0.29, 0.717) is 16.9 Å². The van der Waals surface area contributed by atoms with Crippen molar-refractivity contribution in [2.45, 2.75) is 9.79 Å². The molecular weight excluding hydrogens is 336 g/mol. The molecule has 116 valence electrons. The molecule has 0 fully saturated rings. The molecule has 2 rings (SSSR count). The molecule has 0 saturated heterocycles. The van der Waals surface area contributed by atoms with E-state index in [9.17, 15) is 13.0 Å². The molecular formula is C10H8N4O6S2. The molecule has 2 aromatic rings. The Bertz CT molecular complexity index is 842. The van der Waals surface area contributed by atoms with Gasteiger partial charge in [-0.1, -0.05) is 5.04 Å². The summed E-state index contributed by atoms with van der Waals surface area (Å²) in [7, 11) is -4.56. The highest BCUT2D eigenvalue weighted by molar-refractivity contribution is 7.94. The van der Waals surface area contributed by atoms with Gasteiger partial charge in [-0.3, -0.25) is 4.55 Å².